The third-order valence-corrected chi connectivity index (χ3v) is 3.37. The number of rotatable bonds is 1. The Hall–Kier alpha value is -1.90. The van der Waals surface area contributed by atoms with E-state index in [2.05, 4.69) is 11.1 Å². The minimum atomic E-state index is -0.221. The van der Waals surface area contributed by atoms with E-state index in [1.807, 2.05) is 24.3 Å². The van der Waals surface area contributed by atoms with Crippen LogP contribution in [0.3, 0.4) is 0 Å². The van der Waals surface area contributed by atoms with Gasteiger partial charge in [-0.05, 0) is 31.4 Å². The zero-order chi connectivity index (χ0) is 12.5. The van der Waals surface area contributed by atoms with Crippen molar-refractivity contribution in [3.63, 3.8) is 0 Å². The van der Waals surface area contributed by atoms with E-state index in [0.717, 1.165) is 41.4 Å². The molecular formula is C15H15NO2. The smallest absolute Gasteiger partial charge is 0.303 e. The largest absolute Gasteiger partial charge is 0.458 e. The van der Waals surface area contributed by atoms with Gasteiger partial charge in [-0.1, -0.05) is 18.2 Å². The van der Waals surface area contributed by atoms with Gasteiger partial charge in [0.2, 0.25) is 0 Å². The molecule has 3 heteroatoms. The van der Waals surface area contributed by atoms with E-state index in [4.69, 9.17) is 4.74 Å². The maximum absolute atomic E-state index is 11.1. The summed E-state index contributed by atoms with van der Waals surface area (Å²) in [6, 6.07) is 10.2. The van der Waals surface area contributed by atoms with Crippen LogP contribution >= 0.6 is 0 Å². The van der Waals surface area contributed by atoms with Gasteiger partial charge in [0.25, 0.3) is 0 Å². The zero-order valence-corrected chi connectivity index (χ0v) is 10.3. The number of pyridine rings is 1. The average molecular weight is 241 g/mol. The van der Waals surface area contributed by atoms with Gasteiger partial charge in [-0.25, -0.2) is 0 Å². The fourth-order valence-corrected chi connectivity index (χ4v) is 2.58. The van der Waals surface area contributed by atoms with E-state index < -0.39 is 0 Å². The molecule has 2 aromatic rings. The van der Waals surface area contributed by atoms with E-state index in [9.17, 15) is 4.79 Å². The summed E-state index contributed by atoms with van der Waals surface area (Å²) in [4.78, 5) is 15.8. The van der Waals surface area contributed by atoms with Crippen LogP contribution in [0.4, 0.5) is 0 Å². The van der Waals surface area contributed by atoms with E-state index in [1.54, 1.807) is 0 Å². The molecule has 0 saturated carbocycles. The lowest BCUT2D eigenvalue weighted by Crippen LogP contribution is -2.16. The fourth-order valence-electron chi connectivity index (χ4n) is 2.58. The number of hydrogen-bond acceptors (Lipinski definition) is 3. The minimum absolute atomic E-state index is 0.122. The molecule has 1 aliphatic carbocycles. The Morgan fingerprint density at radius 1 is 1.39 bits per heavy atom. The summed E-state index contributed by atoms with van der Waals surface area (Å²) < 4.78 is 5.39. The number of aryl methyl sites for hydroxylation is 1. The first-order valence-corrected chi connectivity index (χ1v) is 6.30. The number of carbonyl (C=O) groups excluding carboxylic acids is 1. The van der Waals surface area contributed by atoms with E-state index in [-0.39, 0.29) is 12.1 Å². The lowest BCUT2D eigenvalue weighted by molar-refractivity contribution is -0.147. The van der Waals surface area contributed by atoms with Crippen LogP contribution in [0.25, 0.3) is 10.9 Å². The van der Waals surface area contributed by atoms with Gasteiger partial charge >= 0.3 is 5.97 Å². The summed E-state index contributed by atoms with van der Waals surface area (Å²) in [6.45, 7) is 1.46. The van der Waals surface area contributed by atoms with Gasteiger partial charge in [0.15, 0.2) is 0 Å². The molecule has 3 nitrogen and oxygen atoms in total. The number of para-hydroxylation sites is 1. The Balaban J connectivity index is 2.10. The van der Waals surface area contributed by atoms with Crippen LogP contribution in [0.2, 0.25) is 0 Å². The Kier molecular flexibility index (Phi) is 2.74. The van der Waals surface area contributed by atoms with Gasteiger partial charge < -0.3 is 4.74 Å². The van der Waals surface area contributed by atoms with Crippen LogP contribution < -0.4 is 0 Å². The molecule has 0 spiro atoms. The van der Waals surface area contributed by atoms with Gasteiger partial charge in [0.05, 0.1) is 5.52 Å². The van der Waals surface area contributed by atoms with Gasteiger partial charge in [0.1, 0.15) is 6.10 Å². The van der Waals surface area contributed by atoms with Crippen molar-refractivity contribution in [2.45, 2.75) is 32.3 Å². The summed E-state index contributed by atoms with van der Waals surface area (Å²) in [5, 5.41) is 1.11. The highest BCUT2D eigenvalue weighted by molar-refractivity contribution is 5.79. The molecule has 1 aromatic carbocycles. The molecule has 0 radical (unpaired) electrons. The standard InChI is InChI=1S/C15H15NO2/c1-10(17)18-15-8-4-7-14-12(15)9-11-5-2-3-6-13(11)16-14/h2-3,5-6,9,15H,4,7-8H2,1H3. The minimum Gasteiger partial charge on any atom is -0.458 e. The summed E-state index contributed by atoms with van der Waals surface area (Å²) in [5.41, 5.74) is 3.17. The first-order valence-electron chi connectivity index (χ1n) is 6.30. The van der Waals surface area contributed by atoms with Gasteiger partial charge in [-0.3, -0.25) is 9.78 Å². The van der Waals surface area contributed by atoms with Crippen molar-refractivity contribution < 1.29 is 9.53 Å². The molecule has 1 heterocycles. The third kappa shape index (κ3) is 1.96. The molecule has 1 aliphatic rings. The summed E-state index contributed by atoms with van der Waals surface area (Å²) >= 11 is 0. The molecule has 0 aliphatic heterocycles. The number of esters is 1. The number of ether oxygens (including phenoxy) is 1. The van der Waals surface area contributed by atoms with Crippen molar-refractivity contribution in [1.29, 1.82) is 0 Å². The summed E-state index contributed by atoms with van der Waals surface area (Å²) in [6.07, 6.45) is 2.77. The molecule has 0 amide bonds. The number of nitrogens with zero attached hydrogens (tertiary/aromatic N) is 1. The van der Waals surface area contributed by atoms with Crippen LogP contribution in [-0.4, -0.2) is 11.0 Å². The Morgan fingerprint density at radius 3 is 3.06 bits per heavy atom. The van der Waals surface area contributed by atoms with Gasteiger partial charge in [-0.2, -0.15) is 0 Å². The van der Waals surface area contributed by atoms with Crippen molar-refractivity contribution >= 4 is 16.9 Å². The van der Waals surface area contributed by atoms with Crippen LogP contribution in [0.15, 0.2) is 30.3 Å². The second-order valence-corrected chi connectivity index (χ2v) is 4.71. The molecule has 18 heavy (non-hydrogen) atoms. The van der Waals surface area contributed by atoms with Crippen LogP contribution in [0.5, 0.6) is 0 Å². The maximum atomic E-state index is 11.1. The molecule has 0 N–H and O–H groups in total. The first kappa shape index (κ1) is 11.2. The molecule has 0 fully saturated rings. The predicted molar refractivity (Wildman–Crippen MR) is 69.2 cm³/mol. The molecule has 1 unspecified atom stereocenters. The van der Waals surface area contributed by atoms with E-state index in [1.165, 1.54) is 6.92 Å². The molecule has 3 rings (SSSR count). The van der Waals surface area contributed by atoms with Crippen molar-refractivity contribution in [3.05, 3.63) is 41.6 Å². The summed E-state index contributed by atoms with van der Waals surface area (Å²) in [7, 11) is 0. The van der Waals surface area contributed by atoms with Crippen LogP contribution in [0, 0.1) is 0 Å². The fraction of sp³-hybridized carbons (Fsp3) is 0.333. The second-order valence-electron chi connectivity index (χ2n) is 4.71. The van der Waals surface area contributed by atoms with Crippen molar-refractivity contribution in [3.8, 4) is 0 Å². The number of fused-ring (bicyclic) bond motifs is 2. The molecule has 1 aromatic heterocycles. The Morgan fingerprint density at radius 2 is 2.22 bits per heavy atom. The third-order valence-electron chi connectivity index (χ3n) is 3.37. The first-order chi connectivity index (χ1) is 8.74. The van der Waals surface area contributed by atoms with Gasteiger partial charge in [0, 0.05) is 23.6 Å². The highest BCUT2D eigenvalue weighted by Gasteiger charge is 2.24. The highest BCUT2D eigenvalue weighted by Crippen LogP contribution is 2.33. The Bertz CT molecular complexity index is 606. The zero-order valence-electron chi connectivity index (χ0n) is 10.3. The van der Waals surface area contributed by atoms with Crippen molar-refractivity contribution in [2.24, 2.45) is 0 Å². The van der Waals surface area contributed by atoms with Crippen molar-refractivity contribution in [1.82, 2.24) is 4.98 Å². The highest BCUT2D eigenvalue weighted by atomic mass is 16.5. The lowest BCUT2D eigenvalue weighted by Gasteiger charge is -2.24. The molecule has 0 bridgehead atoms. The molecule has 0 saturated heterocycles. The second kappa shape index (κ2) is 4.41. The van der Waals surface area contributed by atoms with Gasteiger partial charge in [-0.15, -0.1) is 0 Å². The number of benzene rings is 1. The average Bonchev–Trinajstić information content (AvgIpc) is 2.36. The number of aromatic nitrogens is 1. The SMILES string of the molecule is CC(=O)OC1CCCc2nc3ccccc3cc21. The topological polar surface area (TPSA) is 39.2 Å². The van der Waals surface area contributed by atoms with E-state index in [0.29, 0.717) is 0 Å². The number of hydrogen-bond donors (Lipinski definition) is 0. The van der Waals surface area contributed by atoms with Crippen LogP contribution in [-0.2, 0) is 16.0 Å². The molecule has 92 valence electrons. The molecule has 1 atom stereocenters. The normalized spacial score (nSPS) is 18.4. The number of carbonyl (C=O) groups is 1. The predicted octanol–water partition coefficient (Wildman–Crippen LogP) is 3.18. The maximum Gasteiger partial charge on any atom is 0.303 e. The Labute approximate surface area is 106 Å². The van der Waals surface area contributed by atoms with Crippen LogP contribution in [0.1, 0.15) is 37.1 Å². The summed E-state index contributed by atoms with van der Waals surface area (Å²) in [5.74, 6) is -0.221. The van der Waals surface area contributed by atoms with E-state index >= 15 is 0 Å². The lowest BCUT2D eigenvalue weighted by atomic mass is 9.92. The quantitative estimate of drug-likeness (QED) is 0.720. The molecular weight excluding hydrogens is 226 g/mol. The monoisotopic (exact) mass is 241 g/mol. The van der Waals surface area contributed by atoms with Crippen molar-refractivity contribution in [2.75, 3.05) is 0 Å².